The molecular formula is C15H18ClFN4. The molecule has 112 valence electrons. The van der Waals surface area contributed by atoms with Crippen molar-refractivity contribution in [3.63, 3.8) is 0 Å². The summed E-state index contributed by atoms with van der Waals surface area (Å²) in [4.78, 5) is 9.53. The zero-order chi connectivity index (χ0) is 14.8. The van der Waals surface area contributed by atoms with Crippen molar-refractivity contribution in [2.45, 2.75) is 25.0 Å². The van der Waals surface area contributed by atoms with E-state index in [2.05, 4.69) is 27.2 Å². The highest BCUT2D eigenvalue weighted by atomic mass is 35.5. The van der Waals surface area contributed by atoms with E-state index in [4.69, 9.17) is 11.6 Å². The molecule has 4 nitrogen and oxygen atoms in total. The van der Waals surface area contributed by atoms with Gasteiger partial charge in [0.1, 0.15) is 11.6 Å². The maximum Gasteiger partial charge on any atom is 0.142 e. The van der Waals surface area contributed by atoms with Crippen molar-refractivity contribution < 1.29 is 4.39 Å². The van der Waals surface area contributed by atoms with Crippen LogP contribution < -0.4 is 5.32 Å². The van der Waals surface area contributed by atoms with Gasteiger partial charge in [-0.15, -0.1) is 0 Å². The fraction of sp³-hybridized carbons (Fsp3) is 0.400. The van der Waals surface area contributed by atoms with Crippen LogP contribution in [-0.4, -0.2) is 34.5 Å². The molecule has 0 aliphatic carbocycles. The zero-order valence-electron chi connectivity index (χ0n) is 11.8. The second-order valence-electron chi connectivity index (χ2n) is 5.41. The Morgan fingerprint density at radius 3 is 3.10 bits per heavy atom. The molecule has 1 saturated heterocycles. The maximum absolute atomic E-state index is 13.7. The van der Waals surface area contributed by atoms with E-state index in [0.717, 1.165) is 24.4 Å². The van der Waals surface area contributed by atoms with Gasteiger partial charge in [0.25, 0.3) is 0 Å². The van der Waals surface area contributed by atoms with E-state index in [-0.39, 0.29) is 22.9 Å². The van der Waals surface area contributed by atoms with Gasteiger partial charge in [-0.1, -0.05) is 17.7 Å². The number of nitrogens with one attached hydrogen (secondary N) is 2. The Morgan fingerprint density at radius 1 is 1.52 bits per heavy atom. The number of hydrogen-bond acceptors (Lipinski definition) is 3. The first-order valence-electron chi connectivity index (χ1n) is 7.02. The van der Waals surface area contributed by atoms with E-state index >= 15 is 0 Å². The molecule has 0 amide bonds. The SMILES string of the molecule is CN1CC[C@@H](NCc2ncc[nH]2)[C@H]1c1ccc(Cl)c(F)c1. The molecule has 6 heteroatoms. The molecule has 0 bridgehead atoms. The second-order valence-corrected chi connectivity index (χ2v) is 5.82. The van der Waals surface area contributed by atoms with Crippen LogP contribution in [-0.2, 0) is 6.54 Å². The van der Waals surface area contributed by atoms with Gasteiger partial charge in [-0.25, -0.2) is 9.37 Å². The number of likely N-dealkylation sites (N-methyl/N-ethyl adjacent to an activating group) is 1. The van der Waals surface area contributed by atoms with Crippen molar-refractivity contribution in [2.24, 2.45) is 0 Å². The van der Waals surface area contributed by atoms with Crippen LogP contribution in [0.4, 0.5) is 4.39 Å². The molecule has 2 aromatic rings. The predicted octanol–water partition coefficient (Wildman–Crippen LogP) is 2.74. The molecule has 21 heavy (non-hydrogen) atoms. The van der Waals surface area contributed by atoms with Crippen molar-refractivity contribution in [2.75, 3.05) is 13.6 Å². The highest BCUT2D eigenvalue weighted by Gasteiger charge is 2.33. The number of H-pyrrole nitrogens is 1. The highest BCUT2D eigenvalue weighted by molar-refractivity contribution is 6.30. The van der Waals surface area contributed by atoms with Crippen LogP contribution in [0, 0.1) is 5.82 Å². The fourth-order valence-corrected chi connectivity index (χ4v) is 3.08. The van der Waals surface area contributed by atoms with Crippen LogP contribution in [0.1, 0.15) is 23.9 Å². The number of aromatic amines is 1. The van der Waals surface area contributed by atoms with Crippen molar-refractivity contribution >= 4 is 11.6 Å². The molecule has 2 atom stereocenters. The molecule has 0 spiro atoms. The van der Waals surface area contributed by atoms with Crippen LogP contribution in [0.5, 0.6) is 0 Å². The largest absolute Gasteiger partial charge is 0.348 e. The number of aromatic nitrogens is 2. The number of imidazole rings is 1. The molecule has 2 N–H and O–H groups in total. The second kappa shape index (κ2) is 6.13. The lowest BCUT2D eigenvalue weighted by Gasteiger charge is -2.26. The van der Waals surface area contributed by atoms with Gasteiger partial charge in [-0.05, 0) is 31.2 Å². The lowest BCUT2D eigenvalue weighted by Crippen LogP contribution is -2.34. The number of likely N-dealkylation sites (tertiary alicyclic amines) is 1. The highest BCUT2D eigenvalue weighted by Crippen LogP contribution is 2.32. The van der Waals surface area contributed by atoms with Crippen LogP contribution >= 0.6 is 11.6 Å². The van der Waals surface area contributed by atoms with Crippen molar-refractivity contribution in [3.05, 3.63) is 52.8 Å². The molecule has 1 fully saturated rings. The summed E-state index contributed by atoms with van der Waals surface area (Å²) in [5.74, 6) is 0.546. The lowest BCUT2D eigenvalue weighted by molar-refractivity contribution is 0.285. The number of halogens is 2. The normalized spacial score (nSPS) is 22.8. The minimum Gasteiger partial charge on any atom is -0.348 e. The summed E-state index contributed by atoms with van der Waals surface area (Å²) < 4.78 is 13.7. The molecule has 0 unspecified atom stereocenters. The first-order chi connectivity index (χ1) is 10.1. The number of nitrogens with zero attached hydrogens (tertiary/aromatic N) is 2. The molecule has 0 saturated carbocycles. The fourth-order valence-electron chi connectivity index (χ4n) is 2.97. The summed E-state index contributed by atoms with van der Waals surface area (Å²) in [7, 11) is 2.06. The monoisotopic (exact) mass is 308 g/mol. The standard InChI is InChI=1S/C15H18ClFN4/c1-21-7-4-13(20-9-14-18-5-6-19-14)15(21)10-2-3-11(16)12(17)8-10/h2-3,5-6,8,13,15,20H,4,7,9H2,1H3,(H,18,19)/t13-,15-/m1/s1. The third kappa shape index (κ3) is 3.10. The Labute approximate surface area is 128 Å². The van der Waals surface area contributed by atoms with Crippen molar-refractivity contribution in [3.8, 4) is 0 Å². The summed E-state index contributed by atoms with van der Waals surface area (Å²) >= 11 is 5.77. The van der Waals surface area contributed by atoms with Crippen LogP contribution in [0.2, 0.25) is 5.02 Å². The topological polar surface area (TPSA) is 44.0 Å². The molecule has 1 aliphatic heterocycles. The predicted molar refractivity (Wildman–Crippen MR) is 80.6 cm³/mol. The Hall–Kier alpha value is -1.43. The van der Waals surface area contributed by atoms with Gasteiger partial charge >= 0.3 is 0 Å². The molecule has 3 rings (SSSR count). The van der Waals surface area contributed by atoms with Crippen molar-refractivity contribution in [1.29, 1.82) is 0 Å². The van der Waals surface area contributed by atoms with E-state index in [9.17, 15) is 4.39 Å². The van der Waals surface area contributed by atoms with Crippen molar-refractivity contribution in [1.82, 2.24) is 20.2 Å². The van der Waals surface area contributed by atoms with Gasteiger partial charge in [0.15, 0.2) is 0 Å². The molecular weight excluding hydrogens is 291 g/mol. The molecule has 1 aromatic heterocycles. The third-order valence-electron chi connectivity index (χ3n) is 4.02. The summed E-state index contributed by atoms with van der Waals surface area (Å²) in [6.07, 6.45) is 4.57. The first-order valence-corrected chi connectivity index (χ1v) is 7.40. The molecule has 1 aromatic carbocycles. The van der Waals surface area contributed by atoms with Crippen LogP contribution in [0.25, 0.3) is 0 Å². The summed E-state index contributed by atoms with van der Waals surface area (Å²) in [5.41, 5.74) is 0.953. The minimum atomic E-state index is -0.362. The van der Waals surface area contributed by atoms with Gasteiger partial charge in [-0.3, -0.25) is 4.90 Å². The quantitative estimate of drug-likeness (QED) is 0.913. The lowest BCUT2D eigenvalue weighted by atomic mass is 10.00. The number of benzene rings is 1. The minimum absolute atomic E-state index is 0.145. The molecule has 1 aliphatic rings. The summed E-state index contributed by atoms with van der Waals surface area (Å²) in [6, 6.07) is 5.48. The Morgan fingerprint density at radius 2 is 2.38 bits per heavy atom. The number of rotatable bonds is 4. The van der Waals surface area contributed by atoms with Gasteiger partial charge < -0.3 is 10.3 Å². The van der Waals surface area contributed by atoms with E-state index in [1.807, 2.05) is 12.3 Å². The smallest absolute Gasteiger partial charge is 0.142 e. The van der Waals surface area contributed by atoms with E-state index in [1.54, 1.807) is 12.3 Å². The molecule has 2 heterocycles. The Balaban J connectivity index is 1.75. The zero-order valence-corrected chi connectivity index (χ0v) is 12.6. The Kier molecular flexibility index (Phi) is 4.24. The van der Waals surface area contributed by atoms with Gasteiger partial charge in [0.2, 0.25) is 0 Å². The van der Waals surface area contributed by atoms with Crippen LogP contribution in [0.3, 0.4) is 0 Å². The number of hydrogen-bond donors (Lipinski definition) is 2. The van der Waals surface area contributed by atoms with E-state index in [1.165, 1.54) is 6.07 Å². The van der Waals surface area contributed by atoms with Gasteiger partial charge in [0.05, 0.1) is 11.6 Å². The van der Waals surface area contributed by atoms with Gasteiger partial charge in [0, 0.05) is 31.0 Å². The summed E-state index contributed by atoms with van der Waals surface area (Å²) in [5, 5.41) is 3.67. The van der Waals surface area contributed by atoms with Crippen LogP contribution in [0.15, 0.2) is 30.6 Å². The average molecular weight is 309 g/mol. The third-order valence-corrected chi connectivity index (χ3v) is 4.33. The van der Waals surface area contributed by atoms with E-state index < -0.39 is 0 Å². The maximum atomic E-state index is 13.7. The average Bonchev–Trinajstić information content (AvgIpc) is 3.09. The molecule has 0 radical (unpaired) electrons. The van der Waals surface area contributed by atoms with E-state index in [0.29, 0.717) is 6.54 Å². The van der Waals surface area contributed by atoms with Gasteiger partial charge in [-0.2, -0.15) is 0 Å². The first kappa shape index (κ1) is 14.5. The Bertz CT molecular complexity index is 602. The summed E-state index contributed by atoms with van der Waals surface area (Å²) in [6.45, 7) is 1.66.